The molecule has 0 fully saturated rings. The average molecular weight is 204 g/mol. The van der Waals surface area contributed by atoms with Crippen LogP contribution in [0.25, 0.3) is 0 Å². The summed E-state index contributed by atoms with van der Waals surface area (Å²) in [7, 11) is 0. The van der Waals surface area contributed by atoms with Crippen molar-refractivity contribution < 1.29 is 26.8 Å². The van der Waals surface area contributed by atoms with Gasteiger partial charge < -0.3 is 0 Å². The van der Waals surface area contributed by atoms with Gasteiger partial charge >= 0.3 is 0 Å². The summed E-state index contributed by atoms with van der Waals surface area (Å²) in [5.74, 6) is -0.178. The fourth-order valence-electron chi connectivity index (χ4n) is 0.415. The molecule has 0 unspecified atom stereocenters. The molecule has 8 heavy (non-hydrogen) atoms. The number of halogens is 1. The Kier molecular flexibility index (Phi) is 3.79. The smallest absolute Gasteiger partial charge is 0.123 e. The van der Waals surface area contributed by atoms with Gasteiger partial charge in [0.1, 0.15) is 5.82 Å². The molecule has 1 rings (SSSR count). The third-order valence-electron chi connectivity index (χ3n) is 0.733. The van der Waals surface area contributed by atoms with Gasteiger partial charge in [0.2, 0.25) is 0 Å². The van der Waals surface area contributed by atoms with Crippen LogP contribution in [0.1, 0.15) is 0 Å². The summed E-state index contributed by atoms with van der Waals surface area (Å²) < 4.78 is 11.9. The third-order valence-corrected chi connectivity index (χ3v) is 0.733. The van der Waals surface area contributed by atoms with Gasteiger partial charge in [0.25, 0.3) is 0 Å². The summed E-state index contributed by atoms with van der Waals surface area (Å²) >= 11 is 0. The number of hydrogen-bond acceptors (Lipinski definition) is 0. The summed E-state index contributed by atoms with van der Waals surface area (Å²) in [6.45, 7) is 0. The van der Waals surface area contributed by atoms with Crippen molar-refractivity contribution in [2.24, 2.45) is 0 Å². The van der Waals surface area contributed by atoms with Crippen molar-refractivity contribution in [2.45, 2.75) is 0 Å². The Labute approximate surface area is 63.2 Å². The van der Waals surface area contributed by atoms with Gasteiger partial charge in [-0.2, -0.15) is 0 Å². The van der Waals surface area contributed by atoms with E-state index in [4.69, 9.17) is 0 Å². The molecule has 0 aliphatic heterocycles. The second-order valence-electron chi connectivity index (χ2n) is 1.30. The first kappa shape index (κ1) is 7.89. The van der Waals surface area contributed by atoms with Crippen molar-refractivity contribution >= 4 is 0 Å². The first-order valence-electron chi connectivity index (χ1n) is 2.10. The van der Waals surface area contributed by atoms with E-state index in [-0.39, 0.29) is 28.2 Å². The van der Waals surface area contributed by atoms with Crippen LogP contribution in [0.4, 0.5) is 4.39 Å². The standard InChI is InChI=1S/C6H5F.Ag/c7-6-4-2-1-3-5-6;/h1-5H;. The Morgan fingerprint density at radius 2 is 1.50 bits per heavy atom. The molecule has 0 spiro atoms. The van der Waals surface area contributed by atoms with E-state index >= 15 is 0 Å². The summed E-state index contributed by atoms with van der Waals surface area (Å²) in [5, 5.41) is 0. The summed E-state index contributed by atoms with van der Waals surface area (Å²) in [4.78, 5) is 0. The maximum atomic E-state index is 11.9. The second-order valence-corrected chi connectivity index (χ2v) is 1.30. The van der Waals surface area contributed by atoms with Crippen LogP contribution in [0.5, 0.6) is 0 Å². The van der Waals surface area contributed by atoms with Crippen molar-refractivity contribution in [2.75, 3.05) is 0 Å². The predicted octanol–water partition coefficient (Wildman–Crippen LogP) is 1.82. The average Bonchev–Trinajstić information content (AvgIpc) is 1.69. The summed E-state index contributed by atoms with van der Waals surface area (Å²) in [5.41, 5.74) is 0. The number of benzene rings is 1. The molecule has 0 aliphatic rings. The molecule has 0 amide bonds. The van der Waals surface area contributed by atoms with Gasteiger partial charge in [-0.25, -0.2) is 4.39 Å². The molecule has 1 aromatic rings. The van der Waals surface area contributed by atoms with Crippen molar-refractivity contribution in [3.05, 3.63) is 36.1 Å². The SMILES string of the molecule is Fc1ccccc1.[Ag]. The van der Waals surface area contributed by atoms with Gasteiger partial charge in [0.15, 0.2) is 0 Å². The molecular weight excluding hydrogens is 199 g/mol. The Balaban J connectivity index is 0.000000490. The molecule has 0 aliphatic carbocycles. The van der Waals surface area contributed by atoms with Gasteiger partial charge in [-0.05, 0) is 12.1 Å². The van der Waals surface area contributed by atoms with Crippen molar-refractivity contribution in [3.63, 3.8) is 0 Å². The van der Waals surface area contributed by atoms with Crippen molar-refractivity contribution in [1.82, 2.24) is 0 Å². The Morgan fingerprint density at radius 1 is 1.00 bits per heavy atom. The Bertz CT molecular complexity index is 138. The monoisotopic (exact) mass is 203 g/mol. The van der Waals surface area contributed by atoms with Crippen molar-refractivity contribution in [1.29, 1.82) is 0 Å². The van der Waals surface area contributed by atoms with E-state index in [0.717, 1.165) is 0 Å². The molecule has 0 N–H and O–H groups in total. The van der Waals surface area contributed by atoms with Gasteiger partial charge in [0.05, 0.1) is 0 Å². The number of rotatable bonds is 0. The maximum Gasteiger partial charge on any atom is 0.123 e. The minimum absolute atomic E-state index is 0. The normalized spacial score (nSPS) is 7.62. The second kappa shape index (κ2) is 3.84. The molecule has 0 saturated heterocycles. The van der Waals surface area contributed by atoms with E-state index in [1.165, 1.54) is 12.1 Å². The minimum Gasteiger partial charge on any atom is -0.207 e. The summed E-state index contributed by atoms with van der Waals surface area (Å²) in [6, 6.07) is 7.94. The van der Waals surface area contributed by atoms with Crippen molar-refractivity contribution in [3.8, 4) is 0 Å². The Hall–Kier alpha value is -0.110. The molecule has 0 aromatic heterocycles. The first-order chi connectivity index (χ1) is 3.39. The van der Waals surface area contributed by atoms with E-state index in [9.17, 15) is 4.39 Å². The van der Waals surface area contributed by atoms with Crippen LogP contribution in [-0.4, -0.2) is 0 Å². The zero-order valence-electron chi connectivity index (χ0n) is 4.07. The molecule has 47 valence electrons. The molecule has 0 heterocycles. The van der Waals surface area contributed by atoms with E-state index in [2.05, 4.69) is 0 Å². The van der Waals surface area contributed by atoms with Crippen LogP contribution in [0.2, 0.25) is 0 Å². The molecule has 0 nitrogen and oxygen atoms in total. The van der Waals surface area contributed by atoms with E-state index in [1.807, 2.05) is 0 Å². The van der Waals surface area contributed by atoms with Crippen LogP contribution in [0.15, 0.2) is 30.3 Å². The largest absolute Gasteiger partial charge is 0.207 e. The molecule has 0 atom stereocenters. The molecule has 2 heteroatoms. The van der Waals surface area contributed by atoms with E-state index in [0.29, 0.717) is 0 Å². The summed E-state index contributed by atoms with van der Waals surface area (Å²) in [6.07, 6.45) is 0. The number of hydrogen-bond donors (Lipinski definition) is 0. The topological polar surface area (TPSA) is 0 Å². The minimum atomic E-state index is -0.178. The zero-order valence-corrected chi connectivity index (χ0v) is 5.55. The Morgan fingerprint density at radius 3 is 1.75 bits per heavy atom. The quantitative estimate of drug-likeness (QED) is 0.565. The van der Waals surface area contributed by atoms with E-state index < -0.39 is 0 Å². The predicted molar refractivity (Wildman–Crippen MR) is 26.4 cm³/mol. The molecule has 1 aromatic carbocycles. The van der Waals surface area contributed by atoms with Gasteiger partial charge in [0, 0.05) is 22.4 Å². The van der Waals surface area contributed by atoms with Crippen LogP contribution in [0.3, 0.4) is 0 Å². The fraction of sp³-hybridized carbons (Fsp3) is 0. The van der Waals surface area contributed by atoms with Crippen LogP contribution in [0, 0.1) is 5.82 Å². The fourth-order valence-corrected chi connectivity index (χ4v) is 0.415. The van der Waals surface area contributed by atoms with Crippen LogP contribution in [-0.2, 0) is 22.4 Å². The molecule has 0 bridgehead atoms. The zero-order chi connectivity index (χ0) is 5.11. The third kappa shape index (κ3) is 2.26. The van der Waals surface area contributed by atoms with Crippen LogP contribution >= 0.6 is 0 Å². The van der Waals surface area contributed by atoms with E-state index in [1.54, 1.807) is 18.2 Å². The van der Waals surface area contributed by atoms with Crippen LogP contribution < -0.4 is 0 Å². The van der Waals surface area contributed by atoms with Gasteiger partial charge in [-0.1, -0.05) is 18.2 Å². The maximum absolute atomic E-state index is 11.9. The van der Waals surface area contributed by atoms with Gasteiger partial charge in [-0.15, -0.1) is 0 Å². The van der Waals surface area contributed by atoms with Gasteiger partial charge in [-0.3, -0.25) is 0 Å². The molecular formula is C6H5AgF. The first-order valence-corrected chi connectivity index (χ1v) is 2.10. The molecule has 0 saturated carbocycles. The molecule has 1 radical (unpaired) electrons.